The van der Waals surface area contributed by atoms with E-state index in [1.165, 1.54) is 0 Å². The Morgan fingerprint density at radius 3 is 2.09 bits per heavy atom. The maximum Gasteiger partial charge on any atom is 0.243 e. The van der Waals surface area contributed by atoms with Crippen LogP contribution in [0.4, 0.5) is 0 Å². The monoisotopic (exact) mass is 465 g/mol. The zero-order chi connectivity index (χ0) is 23.6. The Morgan fingerprint density at radius 2 is 1.56 bits per heavy atom. The molecule has 1 aromatic rings. The quantitative estimate of drug-likeness (QED) is 0.699. The minimum Gasteiger partial charge on any atom is -0.373 e. The van der Waals surface area contributed by atoms with Gasteiger partial charge in [-0.25, -0.2) is 8.42 Å². The van der Waals surface area contributed by atoms with Gasteiger partial charge in [-0.3, -0.25) is 9.69 Å². The smallest absolute Gasteiger partial charge is 0.243 e. The molecule has 2 saturated heterocycles. The van der Waals surface area contributed by atoms with Gasteiger partial charge in [-0.1, -0.05) is 6.07 Å². The molecule has 8 heteroatoms. The molecule has 0 aliphatic carbocycles. The van der Waals surface area contributed by atoms with E-state index in [1.807, 2.05) is 33.8 Å². The van der Waals surface area contributed by atoms with Crippen LogP contribution in [-0.4, -0.2) is 75.0 Å². The second-order valence-corrected chi connectivity index (χ2v) is 11.5. The molecule has 0 saturated carbocycles. The fourth-order valence-electron chi connectivity index (χ4n) is 5.00. The van der Waals surface area contributed by atoms with Gasteiger partial charge in [-0.15, -0.1) is 0 Å². The van der Waals surface area contributed by atoms with Gasteiger partial charge in [-0.2, -0.15) is 4.31 Å². The summed E-state index contributed by atoms with van der Waals surface area (Å²) in [7, 11) is -3.58. The molecular formula is C24H39N3O4S. The number of ether oxygens (including phenoxy) is 1. The van der Waals surface area contributed by atoms with E-state index in [1.54, 1.807) is 4.31 Å². The highest BCUT2D eigenvalue weighted by Gasteiger charge is 2.34. The first-order valence-electron chi connectivity index (χ1n) is 11.7. The number of benzene rings is 1. The van der Waals surface area contributed by atoms with Gasteiger partial charge in [0.05, 0.1) is 17.1 Å². The van der Waals surface area contributed by atoms with Gasteiger partial charge >= 0.3 is 0 Å². The Hall–Kier alpha value is -1.48. The molecule has 0 aromatic heterocycles. The second-order valence-electron chi connectivity index (χ2n) is 9.58. The van der Waals surface area contributed by atoms with Crippen LogP contribution in [0, 0.1) is 33.6 Å². The molecule has 0 radical (unpaired) electrons. The minimum atomic E-state index is -3.58. The van der Waals surface area contributed by atoms with Crippen LogP contribution in [0.15, 0.2) is 11.0 Å². The zero-order valence-corrected chi connectivity index (χ0v) is 21.2. The van der Waals surface area contributed by atoms with Crippen molar-refractivity contribution in [3.63, 3.8) is 0 Å². The number of carbonyl (C=O) groups excluding carboxylic acids is 1. The predicted octanol–water partition coefficient (Wildman–Crippen LogP) is 2.55. The van der Waals surface area contributed by atoms with Crippen molar-refractivity contribution < 1.29 is 17.9 Å². The van der Waals surface area contributed by atoms with E-state index < -0.39 is 10.0 Å². The minimum absolute atomic E-state index is 0.0372. The van der Waals surface area contributed by atoms with E-state index in [2.05, 4.69) is 24.1 Å². The number of aryl methyl sites for hydroxylation is 2. The molecule has 0 bridgehead atoms. The lowest BCUT2D eigenvalue weighted by molar-refractivity contribution is -0.126. The van der Waals surface area contributed by atoms with Crippen LogP contribution in [0.25, 0.3) is 0 Å². The van der Waals surface area contributed by atoms with Crippen molar-refractivity contribution in [1.29, 1.82) is 0 Å². The maximum absolute atomic E-state index is 13.4. The number of rotatable bonds is 6. The lowest BCUT2D eigenvalue weighted by Crippen LogP contribution is -2.49. The van der Waals surface area contributed by atoms with Crippen molar-refractivity contribution in [2.24, 2.45) is 5.92 Å². The summed E-state index contributed by atoms with van der Waals surface area (Å²) in [5.41, 5.74) is 3.62. The Morgan fingerprint density at radius 1 is 1.03 bits per heavy atom. The van der Waals surface area contributed by atoms with Gasteiger partial charge in [-0.05, 0) is 76.6 Å². The van der Waals surface area contributed by atoms with E-state index in [0.717, 1.165) is 41.9 Å². The van der Waals surface area contributed by atoms with Crippen LogP contribution >= 0.6 is 0 Å². The molecule has 2 aliphatic rings. The number of morpholine rings is 1. The van der Waals surface area contributed by atoms with Crippen molar-refractivity contribution >= 4 is 15.9 Å². The van der Waals surface area contributed by atoms with Crippen LogP contribution in [-0.2, 0) is 19.6 Å². The molecule has 1 amide bonds. The summed E-state index contributed by atoms with van der Waals surface area (Å²) >= 11 is 0. The number of nitrogens with one attached hydrogen (secondary N) is 1. The summed E-state index contributed by atoms with van der Waals surface area (Å²) in [5, 5.41) is 3.06. The summed E-state index contributed by atoms with van der Waals surface area (Å²) in [6.45, 7) is 15.8. The average molecular weight is 466 g/mol. The zero-order valence-electron chi connectivity index (χ0n) is 20.4. The molecule has 7 nitrogen and oxygen atoms in total. The summed E-state index contributed by atoms with van der Waals surface area (Å²) < 4.78 is 34.1. The van der Waals surface area contributed by atoms with E-state index in [4.69, 9.17) is 4.74 Å². The Labute approximate surface area is 193 Å². The third kappa shape index (κ3) is 5.53. The second kappa shape index (κ2) is 10.2. The van der Waals surface area contributed by atoms with Crippen molar-refractivity contribution in [2.45, 2.75) is 71.5 Å². The first-order valence-corrected chi connectivity index (χ1v) is 13.2. The van der Waals surface area contributed by atoms with Crippen LogP contribution in [0.2, 0.25) is 0 Å². The molecule has 2 fully saturated rings. The fraction of sp³-hybridized carbons (Fsp3) is 0.708. The number of hydrogen-bond acceptors (Lipinski definition) is 5. The van der Waals surface area contributed by atoms with Gasteiger partial charge in [0, 0.05) is 45.2 Å². The molecule has 2 aliphatic heterocycles. The van der Waals surface area contributed by atoms with Gasteiger partial charge in [0.1, 0.15) is 0 Å². The number of hydrogen-bond donors (Lipinski definition) is 1. The molecule has 1 aromatic carbocycles. The van der Waals surface area contributed by atoms with E-state index in [0.29, 0.717) is 37.4 Å². The van der Waals surface area contributed by atoms with E-state index in [9.17, 15) is 13.2 Å². The molecule has 2 atom stereocenters. The van der Waals surface area contributed by atoms with Crippen LogP contribution in [0.1, 0.15) is 48.9 Å². The Bertz CT molecular complexity index is 903. The van der Waals surface area contributed by atoms with Crippen LogP contribution < -0.4 is 5.32 Å². The van der Waals surface area contributed by atoms with Crippen LogP contribution in [0.3, 0.4) is 0 Å². The van der Waals surface area contributed by atoms with Crippen molar-refractivity contribution in [2.75, 3.05) is 39.3 Å². The van der Waals surface area contributed by atoms with E-state index in [-0.39, 0.29) is 24.0 Å². The van der Waals surface area contributed by atoms with Crippen molar-refractivity contribution in [3.8, 4) is 0 Å². The number of sulfonamides is 1. The molecule has 2 unspecified atom stereocenters. The van der Waals surface area contributed by atoms with Gasteiger partial charge in [0.2, 0.25) is 15.9 Å². The summed E-state index contributed by atoms with van der Waals surface area (Å²) in [6.07, 6.45) is 1.54. The standard InChI is InChI=1S/C24H39N3O4S/c1-16-13-17(2)21(6)23(20(16)5)32(29,30)27-10-7-22(8-11-27)24(28)25-9-12-26-14-18(3)31-19(4)15-26/h13,18-19,22H,7-12,14-15H2,1-6H3,(H,25,28). The lowest BCUT2D eigenvalue weighted by Gasteiger charge is -2.35. The molecule has 32 heavy (non-hydrogen) atoms. The van der Waals surface area contributed by atoms with Crippen LogP contribution in [0.5, 0.6) is 0 Å². The summed E-state index contributed by atoms with van der Waals surface area (Å²) in [6, 6.07) is 2.04. The third-order valence-electron chi connectivity index (χ3n) is 6.94. The summed E-state index contributed by atoms with van der Waals surface area (Å²) in [5.74, 6) is -0.0967. The van der Waals surface area contributed by atoms with Crippen molar-refractivity contribution in [1.82, 2.24) is 14.5 Å². The number of nitrogens with zero attached hydrogens (tertiary/aromatic N) is 2. The topological polar surface area (TPSA) is 79.0 Å². The highest BCUT2D eigenvalue weighted by Crippen LogP contribution is 2.31. The highest BCUT2D eigenvalue weighted by molar-refractivity contribution is 7.89. The highest BCUT2D eigenvalue weighted by atomic mass is 32.2. The molecular weight excluding hydrogens is 426 g/mol. The molecule has 3 rings (SSSR count). The largest absolute Gasteiger partial charge is 0.373 e. The Kier molecular flexibility index (Phi) is 8.02. The SMILES string of the molecule is Cc1cc(C)c(C)c(S(=O)(=O)N2CCC(C(=O)NCCN3CC(C)OC(C)C3)CC2)c1C. The van der Waals surface area contributed by atoms with E-state index >= 15 is 0 Å². The van der Waals surface area contributed by atoms with Gasteiger partial charge in [0.25, 0.3) is 0 Å². The molecule has 180 valence electrons. The van der Waals surface area contributed by atoms with Gasteiger partial charge < -0.3 is 10.1 Å². The lowest BCUT2D eigenvalue weighted by atomic mass is 9.97. The first-order chi connectivity index (χ1) is 15.0. The predicted molar refractivity (Wildman–Crippen MR) is 126 cm³/mol. The first kappa shape index (κ1) is 25.1. The molecule has 1 N–H and O–H groups in total. The van der Waals surface area contributed by atoms with Crippen molar-refractivity contribution in [3.05, 3.63) is 28.3 Å². The maximum atomic E-state index is 13.4. The fourth-order valence-corrected chi connectivity index (χ4v) is 7.05. The third-order valence-corrected chi connectivity index (χ3v) is 9.12. The molecule has 0 spiro atoms. The number of carbonyl (C=O) groups is 1. The summed E-state index contributed by atoms with van der Waals surface area (Å²) in [4.78, 5) is 15.4. The normalized spacial score (nSPS) is 23.9. The number of amides is 1. The molecule has 2 heterocycles. The van der Waals surface area contributed by atoms with Gasteiger partial charge in [0.15, 0.2) is 0 Å². The average Bonchev–Trinajstić information content (AvgIpc) is 2.71. The Balaban J connectivity index is 1.54. The number of piperidine rings is 1.